The minimum Gasteiger partial charge on any atom is -0.323 e. The normalized spacial score (nSPS) is 15.6. The first-order valence-corrected chi connectivity index (χ1v) is 8.79. The van der Waals surface area contributed by atoms with Crippen molar-refractivity contribution < 1.29 is 0 Å². The van der Waals surface area contributed by atoms with E-state index < -0.39 is 0 Å². The van der Waals surface area contributed by atoms with Crippen molar-refractivity contribution in [2.24, 2.45) is 0 Å². The molecule has 0 saturated heterocycles. The Bertz CT molecular complexity index is 813. The molecule has 3 aromatic rings. The maximum Gasteiger partial charge on any atom is 0.149 e. The molecule has 0 radical (unpaired) electrons. The van der Waals surface area contributed by atoms with Crippen molar-refractivity contribution in [3.8, 4) is 11.3 Å². The summed E-state index contributed by atoms with van der Waals surface area (Å²) in [4.78, 5) is 9.28. The Morgan fingerprint density at radius 3 is 2.67 bits per heavy atom. The fourth-order valence-electron chi connectivity index (χ4n) is 3.36. The molecule has 2 heterocycles. The molecule has 0 aliphatic heterocycles. The van der Waals surface area contributed by atoms with E-state index in [9.17, 15) is 0 Å². The topological polar surface area (TPSA) is 48.5 Å². The maximum absolute atomic E-state index is 4.76. The predicted octanol–water partition coefficient (Wildman–Crippen LogP) is 4.04. The van der Waals surface area contributed by atoms with Crippen LogP contribution in [0.1, 0.15) is 56.6 Å². The standard InChI is InChI=1S/C19H23N5/c1-3-11-24-19(20-12-22-24)14(2)23-13-21-17(18(23)16-9-10-16)15-7-5-4-6-8-15/h4-8,12-14,16H,3,9-11H2,1-2H3/t14-/m1/s1. The third-order valence-electron chi connectivity index (χ3n) is 4.72. The van der Waals surface area contributed by atoms with Gasteiger partial charge in [-0.1, -0.05) is 37.3 Å². The summed E-state index contributed by atoms with van der Waals surface area (Å²) >= 11 is 0. The lowest BCUT2D eigenvalue weighted by Gasteiger charge is -2.17. The second-order valence-corrected chi connectivity index (χ2v) is 6.54. The SMILES string of the molecule is CCCn1ncnc1[C@@H](C)n1cnc(-c2ccccc2)c1C1CC1. The van der Waals surface area contributed by atoms with E-state index in [4.69, 9.17) is 4.98 Å². The smallest absolute Gasteiger partial charge is 0.149 e. The van der Waals surface area contributed by atoms with Crippen molar-refractivity contribution >= 4 is 0 Å². The van der Waals surface area contributed by atoms with Crippen LogP contribution in [0, 0.1) is 0 Å². The highest BCUT2D eigenvalue weighted by atomic mass is 15.3. The first-order valence-electron chi connectivity index (χ1n) is 8.79. The van der Waals surface area contributed by atoms with E-state index in [1.807, 2.05) is 17.1 Å². The van der Waals surface area contributed by atoms with Crippen molar-refractivity contribution in [1.29, 1.82) is 0 Å². The molecule has 1 aliphatic carbocycles. The first kappa shape index (κ1) is 15.1. The zero-order valence-corrected chi connectivity index (χ0v) is 14.3. The van der Waals surface area contributed by atoms with Gasteiger partial charge in [0.25, 0.3) is 0 Å². The summed E-state index contributed by atoms with van der Waals surface area (Å²) < 4.78 is 4.32. The average Bonchev–Trinajstić information content (AvgIpc) is 3.18. The Morgan fingerprint density at radius 2 is 1.96 bits per heavy atom. The zero-order valence-electron chi connectivity index (χ0n) is 14.3. The third-order valence-corrected chi connectivity index (χ3v) is 4.72. The minimum absolute atomic E-state index is 0.139. The van der Waals surface area contributed by atoms with Crippen LogP contribution in [0.15, 0.2) is 43.0 Å². The second kappa shape index (κ2) is 6.23. The number of hydrogen-bond donors (Lipinski definition) is 0. The van der Waals surface area contributed by atoms with Crippen molar-refractivity contribution in [2.45, 2.75) is 51.6 Å². The van der Waals surface area contributed by atoms with Gasteiger partial charge in [0.15, 0.2) is 0 Å². The quantitative estimate of drug-likeness (QED) is 0.688. The van der Waals surface area contributed by atoms with E-state index >= 15 is 0 Å². The van der Waals surface area contributed by atoms with Crippen LogP contribution in [0.2, 0.25) is 0 Å². The van der Waals surface area contributed by atoms with E-state index in [0.29, 0.717) is 5.92 Å². The van der Waals surface area contributed by atoms with Crippen LogP contribution in [0.3, 0.4) is 0 Å². The number of hydrogen-bond acceptors (Lipinski definition) is 3. The van der Waals surface area contributed by atoms with Crippen LogP contribution < -0.4 is 0 Å². The van der Waals surface area contributed by atoms with Crippen LogP contribution >= 0.6 is 0 Å². The van der Waals surface area contributed by atoms with E-state index in [1.165, 1.54) is 24.1 Å². The van der Waals surface area contributed by atoms with Crippen molar-refractivity contribution in [3.63, 3.8) is 0 Å². The molecular formula is C19H23N5. The summed E-state index contributed by atoms with van der Waals surface area (Å²) in [5.41, 5.74) is 3.66. The van der Waals surface area contributed by atoms with Gasteiger partial charge in [-0.3, -0.25) is 0 Å². The Labute approximate surface area is 142 Å². The Morgan fingerprint density at radius 1 is 1.17 bits per heavy atom. The molecule has 1 saturated carbocycles. The van der Waals surface area contributed by atoms with Gasteiger partial charge in [0, 0.05) is 23.7 Å². The Balaban J connectivity index is 1.76. The molecule has 5 heteroatoms. The molecule has 0 spiro atoms. The fraction of sp³-hybridized carbons (Fsp3) is 0.421. The Kier molecular flexibility index (Phi) is 3.92. The van der Waals surface area contributed by atoms with E-state index in [0.717, 1.165) is 24.5 Å². The van der Waals surface area contributed by atoms with Gasteiger partial charge in [0.1, 0.15) is 12.2 Å². The predicted molar refractivity (Wildman–Crippen MR) is 93.8 cm³/mol. The van der Waals surface area contributed by atoms with Crippen molar-refractivity contribution in [1.82, 2.24) is 24.3 Å². The molecule has 0 amide bonds. The van der Waals surface area contributed by atoms with E-state index in [2.05, 4.69) is 52.8 Å². The van der Waals surface area contributed by atoms with E-state index in [-0.39, 0.29) is 6.04 Å². The number of aromatic nitrogens is 5. The average molecular weight is 321 g/mol. The second-order valence-electron chi connectivity index (χ2n) is 6.54. The number of aryl methyl sites for hydroxylation is 1. The number of nitrogens with zero attached hydrogens (tertiary/aromatic N) is 5. The summed E-state index contributed by atoms with van der Waals surface area (Å²) in [5, 5.41) is 4.38. The van der Waals surface area contributed by atoms with Gasteiger partial charge in [-0.15, -0.1) is 0 Å². The summed E-state index contributed by atoms with van der Waals surface area (Å²) in [5.74, 6) is 1.63. The number of imidazole rings is 1. The van der Waals surface area contributed by atoms with Crippen LogP contribution in [-0.2, 0) is 6.54 Å². The minimum atomic E-state index is 0.139. The fourth-order valence-corrected chi connectivity index (χ4v) is 3.36. The van der Waals surface area contributed by atoms with Crippen molar-refractivity contribution in [2.75, 3.05) is 0 Å². The van der Waals surface area contributed by atoms with Crippen LogP contribution in [0.25, 0.3) is 11.3 Å². The number of benzene rings is 1. The van der Waals surface area contributed by atoms with Crippen LogP contribution in [-0.4, -0.2) is 24.3 Å². The van der Waals surface area contributed by atoms with Crippen LogP contribution in [0.4, 0.5) is 0 Å². The lowest BCUT2D eigenvalue weighted by atomic mass is 10.1. The third kappa shape index (κ3) is 2.64. The molecule has 0 N–H and O–H groups in total. The lowest BCUT2D eigenvalue weighted by Crippen LogP contribution is -2.16. The molecule has 24 heavy (non-hydrogen) atoms. The molecule has 1 fully saturated rings. The molecule has 0 bridgehead atoms. The van der Waals surface area contributed by atoms with Gasteiger partial charge in [0.05, 0.1) is 18.1 Å². The first-order chi connectivity index (χ1) is 11.8. The molecule has 2 aromatic heterocycles. The van der Waals surface area contributed by atoms with Crippen molar-refractivity contribution in [3.05, 3.63) is 54.5 Å². The number of rotatable bonds is 6. The van der Waals surface area contributed by atoms with Gasteiger partial charge < -0.3 is 4.57 Å². The molecule has 0 unspecified atom stereocenters. The molecule has 4 rings (SSSR count). The van der Waals surface area contributed by atoms with Gasteiger partial charge >= 0.3 is 0 Å². The zero-order chi connectivity index (χ0) is 16.5. The highest BCUT2D eigenvalue weighted by Crippen LogP contribution is 2.45. The summed E-state index contributed by atoms with van der Waals surface area (Å²) in [7, 11) is 0. The molecular weight excluding hydrogens is 298 g/mol. The van der Waals surface area contributed by atoms with Gasteiger partial charge in [-0.2, -0.15) is 5.10 Å². The monoisotopic (exact) mass is 321 g/mol. The molecule has 5 nitrogen and oxygen atoms in total. The van der Waals surface area contributed by atoms with Gasteiger partial charge in [-0.05, 0) is 26.2 Å². The van der Waals surface area contributed by atoms with E-state index in [1.54, 1.807) is 6.33 Å². The van der Waals surface area contributed by atoms with Crippen LogP contribution in [0.5, 0.6) is 0 Å². The summed E-state index contributed by atoms with van der Waals surface area (Å²) in [6.45, 7) is 5.26. The van der Waals surface area contributed by atoms with Gasteiger partial charge in [-0.25, -0.2) is 14.6 Å². The van der Waals surface area contributed by atoms with Gasteiger partial charge in [0.2, 0.25) is 0 Å². The summed E-state index contributed by atoms with van der Waals surface area (Å²) in [6, 6.07) is 10.6. The highest BCUT2D eigenvalue weighted by Gasteiger charge is 2.32. The summed E-state index contributed by atoms with van der Waals surface area (Å²) in [6.07, 6.45) is 7.19. The maximum atomic E-state index is 4.76. The molecule has 1 atom stereocenters. The lowest BCUT2D eigenvalue weighted by molar-refractivity contribution is 0.498. The Hall–Kier alpha value is -2.43. The molecule has 1 aromatic carbocycles. The molecule has 1 aliphatic rings. The largest absolute Gasteiger partial charge is 0.323 e. The highest BCUT2D eigenvalue weighted by molar-refractivity contribution is 5.63. The molecule has 124 valence electrons.